The normalized spacial score (nSPS) is 12.0. The zero-order valence-corrected chi connectivity index (χ0v) is 15.3. The zero-order chi connectivity index (χ0) is 18.7. The highest BCUT2D eigenvalue weighted by Gasteiger charge is 2.13. The molecule has 8 nitrogen and oxygen atoms in total. The highest BCUT2D eigenvalue weighted by molar-refractivity contribution is 5.91. The van der Waals surface area contributed by atoms with E-state index in [9.17, 15) is 4.79 Å². The van der Waals surface area contributed by atoms with E-state index < -0.39 is 0 Å². The third-order valence-electron chi connectivity index (χ3n) is 3.91. The lowest BCUT2D eigenvalue weighted by molar-refractivity contribution is 0.249. The first-order valence-electron chi connectivity index (χ1n) is 8.40. The number of aromatic amines is 1. The molecule has 3 N–H and O–H groups in total. The molecule has 2 heterocycles. The van der Waals surface area contributed by atoms with Crippen LogP contribution >= 0.6 is 0 Å². The fourth-order valence-electron chi connectivity index (χ4n) is 2.63. The van der Waals surface area contributed by atoms with Gasteiger partial charge in [0.25, 0.3) is 0 Å². The highest BCUT2D eigenvalue weighted by atomic mass is 16.4. The Morgan fingerprint density at radius 1 is 1.23 bits per heavy atom. The summed E-state index contributed by atoms with van der Waals surface area (Å²) in [4.78, 5) is 12.3. The van der Waals surface area contributed by atoms with Gasteiger partial charge < -0.3 is 15.1 Å². The minimum absolute atomic E-state index is 0.0558. The summed E-state index contributed by atoms with van der Waals surface area (Å²) in [6.45, 7) is 7.55. The first-order valence-corrected chi connectivity index (χ1v) is 8.40. The molecule has 0 bridgehead atoms. The van der Waals surface area contributed by atoms with E-state index in [2.05, 4.69) is 31.0 Å². The van der Waals surface area contributed by atoms with Crippen LogP contribution in [0.2, 0.25) is 0 Å². The molecule has 0 aliphatic carbocycles. The summed E-state index contributed by atoms with van der Waals surface area (Å²) in [5.74, 6) is 0.920. The summed E-state index contributed by atoms with van der Waals surface area (Å²) in [6, 6.07) is 7.25. The quantitative estimate of drug-likeness (QED) is 0.652. The molecule has 0 radical (unpaired) electrons. The van der Waals surface area contributed by atoms with Crippen molar-refractivity contribution in [3.63, 3.8) is 0 Å². The van der Waals surface area contributed by atoms with Crippen LogP contribution in [0.4, 0.5) is 10.5 Å². The van der Waals surface area contributed by atoms with Gasteiger partial charge in [0.15, 0.2) is 0 Å². The maximum atomic E-state index is 12.3. The van der Waals surface area contributed by atoms with Crippen molar-refractivity contribution in [1.29, 1.82) is 0 Å². The lowest BCUT2D eigenvalue weighted by atomic mass is 10.1. The topological polar surface area (TPSA) is 109 Å². The predicted octanol–water partition coefficient (Wildman–Crippen LogP) is 3.14. The second-order valence-corrected chi connectivity index (χ2v) is 6.40. The summed E-state index contributed by atoms with van der Waals surface area (Å²) >= 11 is 0. The van der Waals surface area contributed by atoms with Crippen molar-refractivity contribution in [3.05, 3.63) is 47.1 Å². The molecule has 1 atom stereocenters. The number of aryl methyl sites for hydroxylation is 3. The lowest BCUT2D eigenvalue weighted by Gasteiger charge is -2.15. The molecule has 136 valence electrons. The van der Waals surface area contributed by atoms with E-state index in [4.69, 9.17) is 4.42 Å². The van der Waals surface area contributed by atoms with Crippen molar-refractivity contribution in [3.8, 4) is 11.5 Å². The Labute approximate surface area is 151 Å². The standard InChI is InChI=1S/C18H22N6O2/c1-10-5-6-14(17-24-22-13(4)26-17)9-16(10)20-18(25)19-11(2)7-15-8-12(3)21-23-15/h5-6,8-9,11H,7H2,1-4H3,(H,21,23)(H2,19,20,25)/t11-/m0/s1. The molecule has 0 saturated heterocycles. The number of aromatic nitrogens is 4. The van der Waals surface area contributed by atoms with E-state index in [0.29, 0.717) is 23.9 Å². The maximum Gasteiger partial charge on any atom is 0.319 e. The fourth-order valence-corrected chi connectivity index (χ4v) is 2.63. The van der Waals surface area contributed by atoms with Gasteiger partial charge in [0.05, 0.1) is 5.69 Å². The van der Waals surface area contributed by atoms with E-state index in [-0.39, 0.29) is 12.1 Å². The number of nitrogens with zero attached hydrogens (tertiary/aromatic N) is 3. The molecule has 26 heavy (non-hydrogen) atoms. The van der Waals surface area contributed by atoms with Gasteiger partial charge in [-0.25, -0.2) is 4.79 Å². The molecule has 3 aromatic rings. The van der Waals surface area contributed by atoms with Crippen LogP contribution < -0.4 is 10.6 Å². The number of hydrogen-bond donors (Lipinski definition) is 3. The van der Waals surface area contributed by atoms with Gasteiger partial charge in [-0.15, -0.1) is 10.2 Å². The van der Waals surface area contributed by atoms with Crippen molar-refractivity contribution < 1.29 is 9.21 Å². The number of amides is 2. The summed E-state index contributed by atoms with van der Waals surface area (Å²) in [5.41, 5.74) is 4.31. The van der Waals surface area contributed by atoms with Crippen LogP contribution in [0.1, 0.15) is 29.8 Å². The number of carbonyl (C=O) groups excluding carboxylic acids is 1. The first kappa shape index (κ1) is 17.7. The minimum atomic E-state index is -0.272. The average Bonchev–Trinajstić information content (AvgIpc) is 3.18. The van der Waals surface area contributed by atoms with Crippen molar-refractivity contribution >= 4 is 11.7 Å². The van der Waals surface area contributed by atoms with Gasteiger partial charge in [-0.2, -0.15) is 5.10 Å². The molecule has 1 aromatic carbocycles. The minimum Gasteiger partial charge on any atom is -0.421 e. The van der Waals surface area contributed by atoms with Gasteiger partial charge >= 0.3 is 6.03 Å². The van der Waals surface area contributed by atoms with E-state index in [1.54, 1.807) is 6.92 Å². The molecule has 0 saturated carbocycles. The Hall–Kier alpha value is -3.16. The molecule has 2 aromatic heterocycles. The summed E-state index contributed by atoms with van der Waals surface area (Å²) in [7, 11) is 0. The zero-order valence-electron chi connectivity index (χ0n) is 15.3. The van der Waals surface area contributed by atoms with E-state index in [1.165, 1.54) is 0 Å². The highest BCUT2D eigenvalue weighted by Crippen LogP contribution is 2.24. The second-order valence-electron chi connectivity index (χ2n) is 6.40. The average molecular weight is 354 g/mol. The number of H-pyrrole nitrogens is 1. The number of nitrogens with one attached hydrogen (secondary N) is 3. The van der Waals surface area contributed by atoms with Gasteiger partial charge in [0, 0.05) is 36.3 Å². The first-order chi connectivity index (χ1) is 12.4. The smallest absolute Gasteiger partial charge is 0.319 e. The number of urea groups is 1. The van der Waals surface area contributed by atoms with Crippen LogP contribution in [-0.2, 0) is 6.42 Å². The Morgan fingerprint density at radius 2 is 2.04 bits per heavy atom. The van der Waals surface area contributed by atoms with Crippen LogP contribution in [0.3, 0.4) is 0 Å². The number of hydrogen-bond acceptors (Lipinski definition) is 5. The summed E-state index contributed by atoms with van der Waals surface area (Å²) in [6.07, 6.45) is 0.651. The van der Waals surface area contributed by atoms with Crippen molar-refractivity contribution in [2.75, 3.05) is 5.32 Å². The molecule has 3 rings (SSSR count). The van der Waals surface area contributed by atoms with Crippen molar-refractivity contribution in [2.24, 2.45) is 0 Å². The van der Waals surface area contributed by atoms with Crippen molar-refractivity contribution in [2.45, 2.75) is 40.2 Å². The van der Waals surface area contributed by atoms with Gasteiger partial charge in [0.2, 0.25) is 11.8 Å². The van der Waals surface area contributed by atoms with Gasteiger partial charge in [-0.1, -0.05) is 6.07 Å². The molecule has 2 amide bonds. The number of rotatable bonds is 5. The van der Waals surface area contributed by atoms with Crippen LogP contribution in [0.25, 0.3) is 11.5 Å². The largest absolute Gasteiger partial charge is 0.421 e. The molecule has 0 spiro atoms. The molecule has 0 fully saturated rings. The van der Waals surface area contributed by atoms with Gasteiger partial charge in [0.1, 0.15) is 0 Å². The number of carbonyl (C=O) groups is 1. The number of benzene rings is 1. The Morgan fingerprint density at radius 3 is 2.69 bits per heavy atom. The fraction of sp³-hybridized carbons (Fsp3) is 0.333. The Balaban J connectivity index is 1.64. The van der Waals surface area contributed by atoms with Gasteiger partial charge in [-0.3, -0.25) is 5.10 Å². The summed E-state index contributed by atoms with van der Waals surface area (Å²) in [5, 5.41) is 20.7. The molecule has 0 aliphatic heterocycles. The lowest BCUT2D eigenvalue weighted by Crippen LogP contribution is -2.37. The molecule has 8 heteroatoms. The van der Waals surface area contributed by atoms with E-state index >= 15 is 0 Å². The second kappa shape index (κ2) is 7.38. The molecular weight excluding hydrogens is 332 g/mol. The Kier molecular flexibility index (Phi) is 5.01. The number of anilines is 1. The van der Waals surface area contributed by atoms with E-state index in [1.807, 2.05) is 45.0 Å². The van der Waals surface area contributed by atoms with Crippen LogP contribution in [0.5, 0.6) is 0 Å². The molecule has 0 aliphatic rings. The maximum absolute atomic E-state index is 12.3. The summed E-state index contributed by atoms with van der Waals surface area (Å²) < 4.78 is 5.44. The Bertz CT molecular complexity index is 914. The third-order valence-corrected chi connectivity index (χ3v) is 3.91. The van der Waals surface area contributed by atoms with Crippen LogP contribution in [0, 0.1) is 20.8 Å². The molecule has 0 unspecified atom stereocenters. The van der Waals surface area contributed by atoms with Crippen LogP contribution in [-0.4, -0.2) is 32.5 Å². The SMILES string of the molecule is Cc1cc(C[C@H](C)NC(=O)Nc2cc(-c3nnc(C)o3)ccc2C)n[nH]1. The predicted molar refractivity (Wildman–Crippen MR) is 97.9 cm³/mol. The third kappa shape index (κ3) is 4.27. The van der Waals surface area contributed by atoms with E-state index in [0.717, 1.165) is 22.5 Å². The molecular formula is C18H22N6O2. The monoisotopic (exact) mass is 354 g/mol. The van der Waals surface area contributed by atoms with Crippen LogP contribution in [0.15, 0.2) is 28.7 Å². The van der Waals surface area contributed by atoms with Gasteiger partial charge in [-0.05, 0) is 44.5 Å². The van der Waals surface area contributed by atoms with Crippen molar-refractivity contribution in [1.82, 2.24) is 25.7 Å².